The molecule has 1 aliphatic heterocycles. The fraction of sp³-hybridized carbons (Fsp3) is 0.647. The Morgan fingerprint density at radius 2 is 1.95 bits per heavy atom. The molecule has 3 heteroatoms. The molecule has 1 aliphatic rings. The summed E-state index contributed by atoms with van der Waals surface area (Å²) in [4.78, 5) is 2.43. The number of nitrogens with one attached hydrogen (secondary N) is 1. The lowest BCUT2D eigenvalue weighted by molar-refractivity contribution is 0.170. The quantitative estimate of drug-likeness (QED) is 0.908. The first-order chi connectivity index (χ1) is 9.42. The Labute approximate surface area is 122 Å². The topological polar surface area (TPSA) is 15.3 Å². The van der Waals surface area contributed by atoms with Crippen LogP contribution in [0.3, 0.4) is 0 Å². The van der Waals surface area contributed by atoms with Crippen molar-refractivity contribution in [2.75, 3.05) is 19.6 Å². The van der Waals surface area contributed by atoms with Crippen LogP contribution in [-0.4, -0.2) is 30.1 Å². The summed E-state index contributed by atoms with van der Waals surface area (Å²) in [7, 11) is 0. The molecule has 1 fully saturated rings. The lowest BCUT2D eigenvalue weighted by Crippen LogP contribution is -2.42. The zero-order valence-electron chi connectivity index (χ0n) is 13.0. The van der Waals surface area contributed by atoms with Gasteiger partial charge in [-0.2, -0.15) is 0 Å². The molecule has 0 aromatic heterocycles. The zero-order valence-corrected chi connectivity index (χ0v) is 13.0. The fourth-order valence-electron chi connectivity index (χ4n) is 2.69. The molecule has 0 bridgehead atoms. The van der Waals surface area contributed by atoms with Gasteiger partial charge in [-0.15, -0.1) is 0 Å². The van der Waals surface area contributed by atoms with Gasteiger partial charge in [0.25, 0.3) is 0 Å². The Morgan fingerprint density at radius 1 is 1.25 bits per heavy atom. The standard InChI is InChI=1S/C17H27FN2/c1-17(2,3)19-12-14-7-9-20(10-8-14)13-15-5-4-6-16(18)11-15/h4-6,11,14,19H,7-10,12-13H2,1-3H3. The van der Waals surface area contributed by atoms with E-state index >= 15 is 0 Å². The van der Waals surface area contributed by atoms with Gasteiger partial charge in [0.1, 0.15) is 5.82 Å². The van der Waals surface area contributed by atoms with E-state index in [1.54, 1.807) is 12.1 Å². The van der Waals surface area contributed by atoms with E-state index < -0.39 is 0 Å². The molecule has 1 saturated heterocycles. The van der Waals surface area contributed by atoms with Crippen molar-refractivity contribution < 1.29 is 4.39 Å². The predicted molar refractivity (Wildman–Crippen MR) is 82.2 cm³/mol. The highest BCUT2D eigenvalue weighted by Gasteiger charge is 2.20. The molecule has 2 nitrogen and oxygen atoms in total. The van der Waals surface area contributed by atoms with Crippen molar-refractivity contribution in [1.82, 2.24) is 10.2 Å². The van der Waals surface area contributed by atoms with E-state index in [1.165, 1.54) is 18.9 Å². The minimum absolute atomic E-state index is 0.133. The molecule has 0 unspecified atom stereocenters. The summed E-state index contributed by atoms with van der Waals surface area (Å²) in [5, 5.41) is 3.60. The first-order valence-electron chi connectivity index (χ1n) is 7.64. The van der Waals surface area contributed by atoms with Crippen LogP contribution in [0, 0.1) is 11.7 Å². The van der Waals surface area contributed by atoms with Crippen LogP contribution < -0.4 is 5.32 Å². The number of hydrogen-bond donors (Lipinski definition) is 1. The van der Waals surface area contributed by atoms with E-state index in [1.807, 2.05) is 6.07 Å². The van der Waals surface area contributed by atoms with E-state index in [2.05, 4.69) is 31.0 Å². The molecule has 0 spiro atoms. The van der Waals surface area contributed by atoms with Gasteiger partial charge in [-0.25, -0.2) is 4.39 Å². The number of piperidine rings is 1. The van der Waals surface area contributed by atoms with Crippen molar-refractivity contribution in [1.29, 1.82) is 0 Å². The molecular formula is C17H27FN2. The van der Waals surface area contributed by atoms with Crippen molar-refractivity contribution >= 4 is 0 Å². The van der Waals surface area contributed by atoms with Gasteiger partial charge in [-0.3, -0.25) is 4.90 Å². The third-order valence-corrected chi connectivity index (χ3v) is 3.92. The van der Waals surface area contributed by atoms with E-state index in [4.69, 9.17) is 0 Å². The van der Waals surface area contributed by atoms with Crippen LogP contribution in [0.25, 0.3) is 0 Å². The van der Waals surface area contributed by atoms with Gasteiger partial charge < -0.3 is 5.32 Å². The Kier molecular flexibility index (Phi) is 5.17. The maximum absolute atomic E-state index is 13.2. The summed E-state index contributed by atoms with van der Waals surface area (Å²) < 4.78 is 13.2. The Morgan fingerprint density at radius 3 is 2.55 bits per heavy atom. The minimum Gasteiger partial charge on any atom is -0.312 e. The summed E-state index contributed by atoms with van der Waals surface area (Å²) in [6.07, 6.45) is 2.47. The van der Waals surface area contributed by atoms with E-state index in [-0.39, 0.29) is 11.4 Å². The van der Waals surface area contributed by atoms with Gasteiger partial charge in [0.05, 0.1) is 0 Å². The molecule has 1 N–H and O–H groups in total. The maximum Gasteiger partial charge on any atom is 0.123 e. The van der Waals surface area contributed by atoms with Gasteiger partial charge in [0.15, 0.2) is 0 Å². The number of likely N-dealkylation sites (tertiary alicyclic amines) is 1. The summed E-state index contributed by atoms with van der Waals surface area (Å²) in [5.41, 5.74) is 1.29. The summed E-state index contributed by atoms with van der Waals surface area (Å²) in [5.74, 6) is 0.643. The summed E-state index contributed by atoms with van der Waals surface area (Å²) >= 11 is 0. The van der Waals surface area contributed by atoms with Crippen LogP contribution in [-0.2, 0) is 6.54 Å². The van der Waals surface area contributed by atoms with Crippen molar-refractivity contribution in [3.63, 3.8) is 0 Å². The molecule has 112 valence electrons. The van der Waals surface area contributed by atoms with Crippen molar-refractivity contribution in [2.24, 2.45) is 5.92 Å². The number of benzene rings is 1. The molecule has 2 rings (SSSR count). The third-order valence-electron chi connectivity index (χ3n) is 3.92. The number of hydrogen-bond acceptors (Lipinski definition) is 2. The minimum atomic E-state index is -0.133. The first kappa shape index (κ1) is 15.5. The van der Waals surface area contributed by atoms with Gasteiger partial charge in [-0.1, -0.05) is 12.1 Å². The predicted octanol–water partition coefficient (Wildman–Crippen LogP) is 3.43. The van der Waals surface area contributed by atoms with Gasteiger partial charge in [0.2, 0.25) is 0 Å². The molecule has 1 heterocycles. The molecule has 1 aromatic rings. The number of nitrogens with zero attached hydrogens (tertiary/aromatic N) is 1. The second kappa shape index (κ2) is 6.68. The van der Waals surface area contributed by atoms with Gasteiger partial charge in [-0.05, 0) is 76.9 Å². The Bertz CT molecular complexity index is 417. The smallest absolute Gasteiger partial charge is 0.123 e. The highest BCUT2D eigenvalue weighted by molar-refractivity contribution is 5.16. The Balaban J connectivity index is 1.74. The van der Waals surface area contributed by atoms with Crippen molar-refractivity contribution in [3.8, 4) is 0 Å². The average Bonchev–Trinajstić information content (AvgIpc) is 2.37. The van der Waals surface area contributed by atoms with Gasteiger partial charge >= 0.3 is 0 Å². The molecule has 0 amide bonds. The normalized spacial score (nSPS) is 18.4. The SMILES string of the molecule is CC(C)(C)NCC1CCN(Cc2cccc(F)c2)CC1. The average molecular weight is 278 g/mol. The third kappa shape index (κ3) is 5.22. The second-order valence-electron chi connectivity index (χ2n) is 6.98. The second-order valence-corrected chi connectivity index (χ2v) is 6.98. The largest absolute Gasteiger partial charge is 0.312 e. The van der Waals surface area contributed by atoms with E-state index in [0.717, 1.165) is 37.7 Å². The van der Waals surface area contributed by atoms with E-state index in [0.29, 0.717) is 0 Å². The first-order valence-corrected chi connectivity index (χ1v) is 7.64. The van der Waals surface area contributed by atoms with Crippen LogP contribution in [0.2, 0.25) is 0 Å². The van der Waals surface area contributed by atoms with Crippen LogP contribution in [0.15, 0.2) is 24.3 Å². The maximum atomic E-state index is 13.2. The van der Waals surface area contributed by atoms with Crippen LogP contribution >= 0.6 is 0 Å². The monoisotopic (exact) mass is 278 g/mol. The highest BCUT2D eigenvalue weighted by atomic mass is 19.1. The van der Waals surface area contributed by atoms with Crippen molar-refractivity contribution in [2.45, 2.75) is 45.7 Å². The van der Waals surface area contributed by atoms with Gasteiger partial charge in [0, 0.05) is 12.1 Å². The number of halogens is 1. The summed E-state index contributed by atoms with van der Waals surface area (Å²) in [6, 6.07) is 6.96. The Hall–Kier alpha value is -0.930. The van der Waals surface area contributed by atoms with Crippen LogP contribution in [0.1, 0.15) is 39.2 Å². The lowest BCUT2D eigenvalue weighted by atomic mass is 9.95. The summed E-state index contributed by atoms with van der Waals surface area (Å²) in [6.45, 7) is 10.9. The molecule has 0 radical (unpaired) electrons. The molecule has 1 aromatic carbocycles. The number of rotatable bonds is 4. The molecule has 20 heavy (non-hydrogen) atoms. The molecule has 0 aliphatic carbocycles. The van der Waals surface area contributed by atoms with Crippen LogP contribution in [0.4, 0.5) is 4.39 Å². The zero-order chi connectivity index (χ0) is 14.6. The molecule has 0 atom stereocenters. The van der Waals surface area contributed by atoms with E-state index in [9.17, 15) is 4.39 Å². The van der Waals surface area contributed by atoms with Crippen molar-refractivity contribution in [3.05, 3.63) is 35.6 Å². The lowest BCUT2D eigenvalue weighted by Gasteiger charge is -2.33. The van der Waals surface area contributed by atoms with Crippen LogP contribution in [0.5, 0.6) is 0 Å². The molecular weight excluding hydrogens is 251 g/mol. The molecule has 0 saturated carbocycles. The highest BCUT2D eigenvalue weighted by Crippen LogP contribution is 2.19. The fourth-order valence-corrected chi connectivity index (χ4v) is 2.69.